The van der Waals surface area contributed by atoms with Gasteiger partial charge in [0, 0.05) is 23.6 Å². The van der Waals surface area contributed by atoms with Crippen LogP contribution in [0.15, 0.2) is 18.2 Å². The summed E-state index contributed by atoms with van der Waals surface area (Å²) in [4.78, 5) is 21.7. The number of aliphatic carboxylic acids is 1. The van der Waals surface area contributed by atoms with Gasteiger partial charge < -0.3 is 25.4 Å². The van der Waals surface area contributed by atoms with Gasteiger partial charge in [0.2, 0.25) is 0 Å². The first kappa shape index (κ1) is 23.5. The van der Waals surface area contributed by atoms with E-state index >= 15 is 0 Å². The zero-order chi connectivity index (χ0) is 16.4. The Morgan fingerprint density at radius 2 is 1.91 bits per heavy atom. The molecule has 0 unspecified atom stereocenters. The minimum Gasteiger partial charge on any atom is -0.550 e. The van der Waals surface area contributed by atoms with Crippen molar-refractivity contribution in [2.24, 2.45) is 0 Å². The molecule has 1 rings (SSSR count). The molecular formula is C14H19ClNNaO5. The van der Waals surface area contributed by atoms with E-state index in [9.17, 15) is 19.8 Å². The van der Waals surface area contributed by atoms with E-state index in [0.29, 0.717) is 5.02 Å². The van der Waals surface area contributed by atoms with Gasteiger partial charge in [-0.2, -0.15) is 0 Å². The molecule has 118 valence electrons. The zero-order valence-corrected chi connectivity index (χ0v) is 15.7. The number of benzene rings is 1. The molecular weight excluding hydrogens is 321 g/mol. The number of nitrogens with one attached hydrogen (secondary N) is 1. The summed E-state index contributed by atoms with van der Waals surface area (Å²) in [6.07, 6.45) is -0.00466. The Kier molecular flexibility index (Phi) is 13.6. The largest absolute Gasteiger partial charge is 1.00 e. The number of carbonyl (C=O) groups excluding carboxylic acids is 2. The predicted octanol–water partition coefficient (Wildman–Crippen LogP) is -2.30. The monoisotopic (exact) mass is 339 g/mol. The zero-order valence-electron chi connectivity index (χ0n) is 12.9. The Morgan fingerprint density at radius 1 is 1.36 bits per heavy atom. The molecule has 0 saturated heterocycles. The molecule has 6 nitrogen and oxygen atoms in total. The number of carbonyl (C=O) groups is 2. The van der Waals surface area contributed by atoms with E-state index in [2.05, 4.69) is 5.32 Å². The molecule has 0 saturated carbocycles. The molecule has 0 aliphatic rings. The van der Waals surface area contributed by atoms with Gasteiger partial charge >= 0.3 is 29.6 Å². The van der Waals surface area contributed by atoms with Crippen LogP contribution in [0.3, 0.4) is 0 Å². The number of aliphatic hydroxyl groups excluding tert-OH is 1. The first-order valence-corrected chi connectivity index (χ1v) is 6.76. The molecule has 0 aliphatic heterocycles. The average Bonchev–Trinajstić information content (AvgIpc) is 2.33. The van der Waals surface area contributed by atoms with Gasteiger partial charge in [-0.15, -0.1) is 0 Å². The fourth-order valence-electron chi connectivity index (χ4n) is 1.23. The summed E-state index contributed by atoms with van der Waals surface area (Å²) in [6.45, 7) is 3.65. The number of hydrogen-bond acceptors (Lipinski definition) is 5. The Morgan fingerprint density at radius 3 is 2.36 bits per heavy atom. The molecule has 0 spiro atoms. The normalized spacial score (nSPS) is 9.32. The minimum absolute atomic E-state index is 0. The third-order valence-electron chi connectivity index (χ3n) is 2.05. The maximum Gasteiger partial charge on any atom is 1.00 e. The van der Waals surface area contributed by atoms with Gasteiger partial charge in [-0.05, 0) is 44.9 Å². The molecule has 0 fully saturated rings. The van der Waals surface area contributed by atoms with Crippen LogP contribution in [0.1, 0.15) is 37.0 Å². The van der Waals surface area contributed by atoms with Crippen LogP contribution in [0.5, 0.6) is 5.75 Å². The van der Waals surface area contributed by atoms with Crippen LogP contribution in [0.4, 0.5) is 0 Å². The maximum absolute atomic E-state index is 11.5. The second-order valence-electron chi connectivity index (χ2n) is 4.49. The number of amides is 1. The Labute approximate surface area is 156 Å². The van der Waals surface area contributed by atoms with Crippen molar-refractivity contribution in [3.8, 4) is 5.75 Å². The summed E-state index contributed by atoms with van der Waals surface area (Å²) in [5.74, 6) is -1.85. The molecule has 0 heterocycles. The summed E-state index contributed by atoms with van der Waals surface area (Å²) < 4.78 is 0. The van der Waals surface area contributed by atoms with Crippen molar-refractivity contribution in [2.75, 3.05) is 6.54 Å². The number of aliphatic hydroxyl groups is 1. The summed E-state index contributed by atoms with van der Waals surface area (Å²) in [7, 11) is 0. The Balaban J connectivity index is 0. The topological polar surface area (TPSA) is 110 Å². The SMILES string of the molecule is CC(C)O.O=C([O-])CCCNC(=O)c1ccc(Cl)cc1O.[Na+]. The van der Waals surface area contributed by atoms with Crippen LogP contribution in [-0.2, 0) is 4.79 Å². The standard InChI is InChI=1S/C11H12ClNO4.C3H8O.Na/c12-7-3-4-8(9(14)6-7)11(17)13-5-1-2-10(15)16;1-3(2)4;/h3-4,6,14H,1-2,5H2,(H,13,17)(H,15,16);3-4H,1-2H3;/q;;+1/p-1. The second kappa shape index (κ2) is 12.7. The third-order valence-corrected chi connectivity index (χ3v) is 2.28. The van der Waals surface area contributed by atoms with Gasteiger partial charge in [0.15, 0.2) is 0 Å². The minimum atomic E-state index is -1.16. The van der Waals surface area contributed by atoms with Crippen LogP contribution in [-0.4, -0.2) is 34.7 Å². The number of carboxylic acids is 1. The molecule has 0 radical (unpaired) electrons. The molecule has 0 bridgehead atoms. The van der Waals surface area contributed by atoms with E-state index in [0.717, 1.165) is 0 Å². The number of rotatable bonds is 5. The Bertz CT molecular complexity index is 480. The van der Waals surface area contributed by atoms with Crippen LogP contribution >= 0.6 is 11.6 Å². The number of phenols is 1. The molecule has 0 aromatic heterocycles. The second-order valence-corrected chi connectivity index (χ2v) is 4.92. The van der Waals surface area contributed by atoms with Crippen molar-refractivity contribution in [1.29, 1.82) is 0 Å². The van der Waals surface area contributed by atoms with Crippen molar-refractivity contribution in [3.63, 3.8) is 0 Å². The molecule has 8 heteroatoms. The molecule has 1 aromatic rings. The van der Waals surface area contributed by atoms with Crippen molar-refractivity contribution in [1.82, 2.24) is 5.32 Å². The van der Waals surface area contributed by atoms with E-state index in [-0.39, 0.29) is 66.4 Å². The number of hydrogen-bond donors (Lipinski definition) is 3. The number of aromatic hydroxyl groups is 1. The van der Waals surface area contributed by atoms with Crippen LogP contribution < -0.4 is 40.0 Å². The van der Waals surface area contributed by atoms with Gasteiger partial charge in [-0.3, -0.25) is 4.79 Å². The molecule has 1 aromatic carbocycles. The molecule has 0 aliphatic carbocycles. The summed E-state index contributed by atoms with van der Waals surface area (Å²) in [5, 5.41) is 30.5. The average molecular weight is 340 g/mol. The van der Waals surface area contributed by atoms with Crippen LogP contribution in [0, 0.1) is 0 Å². The third kappa shape index (κ3) is 11.8. The number of halogens is 1. The Hall–Kier alpha value is -0.790. The number of phenolic OH excluding ortho intramolecular Hbond substituents is 1. The summed E-state index contributed by atoms with van der Waals surface area (Å²) in [5.41, 5.74) is 0.0999. The fourth-order valence-corrected chi connectivity index (χ4v) is 1.39. The van der Waals surface area contributed by atoms with Gasteiger partial charge in [-0.25, -0.2) is 0 Å². The van der Waals surface area contributed by atoms with Gasteiger partial charge in [0.05, 0.1) is 5.56 Å². The van der Waals surface area contributed by atoms with Crippen LogP contribution in [0.25, 0.3) is 0 Å². The van der Waals surface area contributed by atoms with E-state index in [1.54, 1.807) is 13.8 Å². The van der Waals surface area contributed by atoms with E-state index in [4.69, 9.17) is 16.7 Å². The first-order valence-electron chi connectivity index (χ1n) is 6.38. The van der Waals surface area contributed by atoms with Crippen molar-refractivity contribution < 1.29 is 54.5 Å². The molecule has 22 heavy (non-hydrogen) atoms. The van der Waals surface area contributed by atoms with Gasteiger partial charge in [0.1, 0.15) is 5.75 Å². The van der Waals surface area contributed by atoms with E-state index in [1.807, 2.05) is 0 Å². The summed E-state index contributed by atoms with van der Waals surface area (Å²) in [6, 6.07) is 4.14. The van der Waals surface area contributed by atoms with E-state index < -0.39 is 11.9 Å². The van der Waals surface area contributed by atoms with Gasteiger partial charge in [-0.1, -0.05) is 11.6 Å². The van der Waals surface area contributed by atoms with Crippen molar-refractivity contribution in [3.05, 3.63) is 28.8 Å². The maximum atomic E-state index is 11.5. The molecule has 0 atom stereocenters. The fraction of sp³-hybridized carbons (Fsp3) is 0.429. The number of carboxylic acid groups (broad SMARTS) is 1. The quantitative estimate of drug-likeness (QED) is 0.413. The molecule has 1 amide bonds. The predicted molar refractivity (Wildman–Crippen MR) is 77.0 cm³/mol. The first-order chi connectivity index (χ1) is 9.73. The summed E-state index contributed by atoms with van der Waals surface area (Å²) >= 11 is 5.62. The van der Waals surface area contributed by atoms with Crippen molar-refractivity contribution in [2.45, 2.75) is 32.8 Å². The van der Waals surface area contributed by atoms with Gasteiger partial charge in [0.25, 0.3) is 5.91 Å². The van der Waals surface area contributed by atoms with Crippen molar-refractivity contribution >= 4 is 23.5 Å². The molecule has 3 N–H and O–H groups in total. The smallest absolute Gasteiger partial charge is 0.550 e. The van der Waals surface area contributed by atoms with E-state index in [1.165, 1.54) is 18.2 Å². The van der Waals surface area contributed by atoms with Crippen LogP contribution in [0.2, 0.25) is 5.02 Å².